The molecule has 104 valence electrons. The van der Waals surface area contributed by atoms with Gasteiger partial charge in [-0.15, -0.1) is 0 Å². The Morgan fingerprint density at radius 2 is 2.37 bits per heavy atom. The van der Waals surface area contributed by atoms with E-state index in [1.807, 2.05) is 0 Å². The number of urea groups is 1. The maximum atomic E-state index is 12.9. The second-order valence-electron chi connectivity index (χ2n) is 4.46. The van der Waals surface area contributed by atoms with E-state index in [2.05, 4.69) is 26.6 Å². The zero-order chi connectivity index (χ0) is 13.9. The summed E-state index contributed by atoms with van der Waals surface area (Å²) in [5.74, 6) is 1.16. The van der Waals surface area contributed by atoms with Crippen LogP contribution in [0.5, 0.6) is 0 Å². The van der Waals surface area contributed by atoms with Gasteiger partial charge in [0, 0.05) is 16.8 Å². The molecule has 1 aliphatic heterocycles. The Morgan fingerprint density at radius 3 is 3.00 bits per heavy atom. The van der Waals surface area contributed by atoms with Gasteiger partial charge in [-0.25, -0.2) is 9.18 Å². The molecule has 0 bridgehead atoms. The average molecular weight is 349 g/mol. The highest BCUT2D eigenvalue weighted by molar-refractivity contribution is 9.10. The van der Waals surface area contributed by atoms with Crippen molar-refractivity contribution in [2.75, 3.05) is 23.4 Å². The van der Waals surface area contributed by atoms with Crippen LogP contribution in [0.1, 0.15) is 6.42 Å². The molecule has 2 amide bonds. The summed E-state index contributed by atoms with van der Waals surface area (Å²) in [6.07, 6.45) is 0.679. The monoisotopic (exact) mass is 348 g/mol. The van der Waals surface area contributed by atoms with Crippen molar-refractivity contribution in [3.63, 3.8) is 0 Å². The summed E-state index contributed by atoms with van der Waals surface area (Å²) in [6.45, 7) is 0.213. The van der Waals surface area contributed by atoms with E-state index >= 15 is 0 Å². The molecule has 1 fully saturated rings. The number of nitrogens with one attached hydrogen (secondary N) is 2. The van der Waals surface area contributed by atoms with Gasteiger partial charge in [0.25, 0.3) is 0 Å². The van der Waals surface area contributed by atoms with Crippen molar-refractivity contribution < 1.29 is 14.3 Å². The summed E-state index contributed by atoms with van der Waals surface area (Å²) in [7, 11) is 0. The number of anilines is 1. The molecule has 3 N–H and O–H groups in total. The first-order valence-corrected chi connectivity index (χ1v) is 7.73. The maximum absolute atomic E-state index is 12.9. The van der Waals surface area contributed by atoms with Gasteiger partial charge >= 0.3 is 6.03 Å². The Kier molecular flexibility index (Phi) is 4.70. The van der Waals surface area contributed by atoms with Gasteiger partial charge in [0.1, 0.15) is 5.82 Å². The van der Waals surface area contributed by atoms with E-state index in [0.29, 0.717) is 22.3 Å². The SMILES string of the molecule is O=C(NCC1(O)CCSC1)Nc1ccc(F)cc1Br. The zero-order valence-electron chi connectivity index (χ0n) is 10.1. The fraction of sp³-hybridized carbons (Fsp3) is 0.417. The predicted octanol–water partition coefficient (Wildman–Crippen LogP) is 2.58. The summed E-state index contributed by atoms with van der Waals surface area (Å²) in [4.78, 5) is 11.7. The third-order valence-electron chi connectivity index (χ3n) is 2.84. The maximum Gasteiger partial charge on any atom is 0.319 e. The highest BCUT2D eigenvalue weighted by atomic mass is 79.9. The van der Waals surface area contributed by atoms with E-state index < -0.39 is 11.6 Å². The van der Waals surface area contributed by atoms with Crippen molar-refractivity contribution in [2.45, 2.75) is 12.0 Å². The van der Waals surface area contributed by atoms with Crippen LogP contribution in [0, 0.1) is 5.82 Å². The van der Waals surface area contributed by atoms with E-state index in [4.69, 9.17) is 0 Å². The number of carbonyl (C=O) groups excluding carboxylic acids is 1. The molecule has 1 aliphatic rings. The Labute approximate surface area is 123 Å². The summed E-state index contributed by atoms with van der Waals surface area (Å²) in [6, 6.07) is 3.59. The van der Waals surface area contributed by atoms with Gasteiger partial charge in [-0.3, -0.25) is 0 Å². The van der Waals surface area contributed by atoms with Gasteiger partial charge < -0.3 is 15.7 Å². The van der Waals surface area contributed by atoms with E-state index in [0.717, 1.165) is 5.75 Å². The lowest BCUT2D eigenvalue weighted by molar-refractivity contribution is 0.0706. The number of carbonyl (C=O) groups is 1. The van der Waals surface area contributed by atoms with E-state index in [1.165, 1.54) is 18.2 Å². The van der Waals surface area contributed by atoms with Crippen molar-refractivity contribution in [3.05, 3.63) is 28.5 Å². The Balaban J connectivity index is 1.87. The zero-order valence-corrected chi connectivity index (χ0v) is 12.5. The van der Waals surface area contributed by atoms with E-state index in [-0.39, 0.29) is 12.4 Å². The second kappa shape index (κ2) is 6.11. The fourth-order valence-electron chi connectivity index (χ4n) is 1.74. The van der Waals surface area contributed by atoms with Crippen LogP contribution in [-0.4, -0.2) is 34.8 Å². The molecule has 1 saturated heterocycles. The quantitative estimate of drug-likeness (QED) is 0.786. The van der Waals surface area contributed by atoms with Crippen molar-refractivity contribution in [2.24, 2.45) is 0 Å². The standard InChI is InChI=1S/C12H14BrFN2O2S/c13-9-5-8(14)1-2-10(9)16-11(17)15-6-12(18)3-4-19-7-12/h1-2,5,18H,3-4,6-7H2,(H2,15,16,17). The number of rotatable bonds is 3. The van der Waals surface area contributed by atoms with Crippen molar-refractivity contribution in [3.8, 4) is 0 Å². The van der Waals surface area contributed by atoms with Crippen LogP contribution in [0.4, 0.5) is 14.9 Å². The van der Waals surface area contributed by atoms with Crippen LogP contribution in [0.2, 0.25) is 0 Å². The summed E-state index contributed by atoms with van der Waals surface area (Å²) < 4.78 is 13.4. The Morgan fingerprint density at radius 1 is 1.58 bits per heavy atom. The molecule has 19 heavy (non-hydrogen) atoms. The molecule has 1 aromatic rings. The average Bonchev–Trinajstić information content (AvgIpc) is 2.78. The van der Waals surface area contributed by atoms with E-state index in [9.17, 15) is 14.3 Å². The molecule has 4 nitrogen and oxygen atoms in total. The minimum Gasteiger partial charge on any atom is -0.387 e. The van der Waals surface area contributed by atoms with E-state index in [1.54, 1.807) is 11.8 Å². The second-order valence-corrected chi connectivity index (χ2v) is 6.42. The van der Waals surface area contributed by atoms with Gasteiger partial charge in [0.15, 0.2) is 0 Å². The molecule has 2 rings (SSSR count). The van der Waals surface area contributed by atoms with Gasteiger partial charge in [0.2, 0.25) is 0 Å². The molecule has 0 radical (unpaired) electrons. The number of benzene rings is 1. The first-order valence-electron chi connectivity index (χ1n) is 5.79. The van der Waals surface area contributed by atoms with Crippen molar-refractivity contribution in [1.29, 1.82) is 0 Å². The highest BCUT2D eigenvalue weighted by Gasteiger charge is 2.31. The third-order valence-corrected chi connectivity index (χ3v) is 4.73. The highest BCUT2D eigenvalue weighted by Crippen LogP contribution is 2.27. The lowest BCUT2D eigenvalue weighted by atomic mass is 10.0. The van der Waals surface area contributed by atoms with Crippen molar-refractivity contribution >= 4 is 39.4 Å². The molecule has 0 saturated carbocycles. The van der Waals surface area contributed by atoms with Gasteiger partial charge in [-0.05, 0) is 46.3 Å². The first kappa shape index (κ1) is 14.6. The summed E-state index contributed by atoms with van der Waals surface area (Å²) >= 11 is 4.84. The number of amides is 2. The number of thioether (sulfide) groups is 1. The molecule has 1 aromatic carbocycles. The molecule has 0 aromatic heterocycles. The lowest BCUT2D eigenvalue weighted by Crippen LogP contribution is -2.44. The minimum absolute atomic E-state index is 0.213. The molecule has 1 heterocycles. The van der Waals surface area contributed by atoms with Gasteiger partial charge in [-0.1, -0.05) is 0 Å². The fourth-order valence-corrected chi connectivity index (χ4v) is 3.48. The lowest BCUT2D eigenvalue weighted by Gasteiger charge is -2.21. The van der Waals surface area contributed by atoms with Crippen LogP contribution in [-0.2, 0) is 0 Å². The smallest absolute Gasteiger partial charge is 0.319 e. The molecule has 0 spiro atoms. The van der Waals surface area contributed by atoms with Crippen LogP contribution in [0.25, 0.3) is 0 Å². The number of aliphatic hydroxyl groups is 1. The molecule has 0 aliphatic carbocycles. The molecule has 7 heteroatoms. The van der Waals surface area contributed by atoms with Crippen LogP contribution in [0.3, 0.4) is 0 Å². The summed E-state index contributed by atoms with van der Waals surface area (Å²) in [5.41, 5.74) is -0.339. The Hall–Kier alpha value is -0.790. The predicted molar refractivity (Wildman–Crippen MR) is 78.0 cm³/mol. The molecular weight excluding hydrogens is 335 g/mol. The molecule has 1 unspecified atom stereocenters. The first-order chi connectivity index (χ1) is 8.98. The van der Waals surface area contributed by atoms with Crippen molar-refractivity contribution in [1.82, 2.24) is 5.32 Å². The topological polar surface area (TPSA) is 61.4 Å². The summed E-state index contributed by atoms with van der Waals surface area (Å²) in [5, 5.41) is 15.3. The van der Waals surface area contributed by atoms with Crippen LogP contribution < -0.4 is 10.6 Å². The van der Waals surface area contributed by atoms with Gasteiger partial charge in [-0.2, -0.15) is 11.8 Å². The minimum atomic E-state index is -0.817. The number of hydrogen-bond acceptors (Lipinski definition) is 3. The third kappa shape index (κ3) is 4.09. The number of hydrogen-bond donors (Lipinski definition) is 3. The van der Waals surface area contributed by atoms with Crippen LogP contribution >= 0.6 is 27.7 Å². The number of halogens is 2. The Bertz CT molecular complexity index is 481. The molecule has 1 atom stereocenters. The largest absolute Gasteiger partial charge is 0.387 e. The normalized spacial score (nSPS) is 22.3. The van der Waals surface area contributed by atoms with Crippen LogP contribution in [0.15, 0.2) is 22.7 Å². The van der Waals surface area contributed by atoms with Gasteiger partial charge in [0.05, 0.1) is 11.3 Å². The molecular formula is C12H14BrFN2O2S.